The van der Waals surface area contributed by atoms with Crippen LogP contribution in [0, 0.1) is 0 Å². The van der Waals surface area contributed by atoms with Gasteiger partial charge in [0.15, 0.2) is 18.2 Å². The predicted molar refractivity (Wildman–Crippen MR) is 74.3 cm³/mol. The van der Waals surface area contributed by atoms with Crippen LogP contribution in [0.4, 0.5) is 16.4 Å². The summed E-state index contributed by atoms with van der Waals surface area (Å²) in [6, 6.07) is 3.35. The lowest BCUT2D eigenvalue weighted by Gasteiger charge is -2.19. The minimum atomic E-state index is -0.437. The molecule has 0 bridgehead atoms. The van der Waals surface area contributed by atoms with Gasteiger partial charge >= 0.3 is 6.09 Å². The van der Waals surface area contributed by atoms with Crippen LogP contribution in [-0.4, -0.2) is 42.8 Å². The topological polar surface area (TPSA) is 107 Å². The summed E-state index contributed by atoms with van der Waals surface area (Å²) in [5, 5.41) is 2.61. The highest BCUT2D eigenvalue weighted by Crippen LogP contribution is 2.30. The van der Waals surface area contributed by atoms with Crippen molar-refractivity contribution >= 4 is 23.6 Å². The third-order valence-electron chi connectivity index (χ3n) is 3.34. The lowest BCUT2D eigenvalue weighted by atomic mass is 10.2. The summed E-state index contributed by atoms with van der Waals surface area (Å²) in [4.78, 5) is 28.9. The fourth-order valence-corrected chi connectivity index (χ4v) is 2.31. The van der Waals surface area contributed by atoms with Gasteiger partial charge in [-0.05, 0) is 31.5 Å². The lowest BCUT2D eigenvalue weighted by molar-refractivity contribution is -0.118. The fraction of sp³-hybridized carbons (Fsp3) is 0.462. The van der Waals surface area contributed by atoms with Gasteiger partial charge in [0.1, 0.15) is 11.9 Å². The number of ether oxygens (including phenoxy) is 2. The number of pyridine rings is 1. The number of anilines is 2. The van der Waals surface area contributed by atoms with E-state index in [4.69, 9.17) is 15.2 Å². The number of fused-ring (bicyclic) bond motifs is 1. The molecule has 8 heteroatoms. The zero-order valence-electron chi connectivity index (χ0n) is 11.4. The van der Waals surface area contributed by atoms with Crippen molar-refractivity contribution in [2.45, 2.75) is 18.9 Å². The van der Waals surface area contributed by atoms with E-state index in [1.54, 1.807) is 12.1 Å². The second-order valence-corrected chi connectivity index (χ2v) is 4.90. The van der Waals surface area contributed by atoms with Gasteiger partial charge in [-0.1, -0.05) is 0 Å². The van der Waals surface area contributed by atoms with Gasteiger partial charge in [-0.25, -0.2) is 9.78 Å². The van der Waals surface area contributed by atoms with Gasteiger partial charge in [0.2, 0.25) is 0 Å². The molecular formula is C13H16N4O4. The predicted octanol–water partition coefficient (Wildman–Crippen LogP) is 0.477. The van der Waals surface area contributed by atoms with Crippen molar-refractivity contribution < 1.29 is 19.1 Å². The Balaban J connectivity index is 1.76. The zero-order chi connectivity index (χ0) is 14.8. The highest BCUT2D eigenvalue weighted by Gasteiger charge is 2.33. The summed E-state index contributed by atoms with van der Waals surface area (Å²) in [6.07, 6.45) is 0.911. The van der Waals surface area contributed by atoms with Gasteiger partial charge in [0.05, 0.1) is 6.54 Å². The van der Waals surface area contributed by atoms with Crippen molar-refractivity contribution in [3.05, 3.63) is 12.1 Å². The van der Waals surface area contributed by atoms with Gasteiger partial charge in [-0.15, -0.1) is 0 Å². The Hall–Kier alpha value is -2.35. The minimum Gasteiger partial charge on any atom is -0.480 e. The molecule has 0 saturated carbocycles. The highest BCUT2D eigenvalue weighted by molar-refractivity contribution is 5.95. The smallest absolute Gasteiger partial charge is 0.415 e. The Kier molecular flexibility index (Phi) is 3.61. The van der Waals surface area contributed by atoms with Crippen LogP contribution in [0.25, 0.3) is 0 Å². The number of carbonyl (C=O) groups excluding carboxylic acids is 2. The van der Waals surface area contributed by atoms with E-state index in [1.807, 2.05) is 0 Å². The maximum Gasteiger partial charge on any atom is 0.415 e. The summed E-state index contributed by atoms with van der Waals surface area (Å²) < 4.78 is 10.5. The van der Waals surface area contributed by atoms with Crippen LogP contribution in [0.2, 0.25) is 0 Å². The summed E-state index contributed by atoms with van der Waals surface area (Å²) >= 11 is 0. The Morgan fingerprint density at radius 3 is 3.10 bits per heavy atom. The van der Waals surface area contributed by atoms with E-state index in [0.717, 1.165) is 12.8 Å². The Labute approximate surface area is 121 Å². The molecule has 8 nitrogen and oxygen atoms in total. The fourth-order valence-electron chi connectivity index (χ4n) is 2.31. The normalized spacial score (nSPS) is 20.6. The number of nitrogens with one attached hydrogen (secondary N) is 1. The van der Waals surface area contributed by atoms with Crippen LogP contribution in [0.3, 0.4) is 0 Å². The maximum absolute atomic E-state index is 11.9. The summed E-state index contributed by atoms with van der Waals surface area (Å²) in [7, 11) is 0. The number of carbonyl (C=O) groups is 2. The summed E-state index contributed by atoms with van der Waals surface area (Å²) in [5.74, 6) is 0.976. The van der Waals surface area contributed by atoms with Gasteiger partial charge in [-0.3, -0.25) is 9.69 Å². The maximum atomic E-state index is 11.9. The van der Waals surface area contributed by atoms with Crippen molar-refractivity contribution in [1.29, 1.82) is 0 Å². The Morgan fingerprint density at radius 1 is 1.43 bits per heavy atom. The number of rotatable bonds is 4. The van der Waals surface area contributed by atoms with Crippen LogP contribution in [0.5, 0.6) is 5.75 Å². The van der Waals surface area contributed by atoms with Crippen LogP contribution in [0.15, 0.2) is 12.1 Å². The van der Waals surface area contributed by atoms with Crippen LogP contribution < -0.4 is 20.7 Å². The molecule has 0 spiro atoms. The molecule has 3 heterocycles. The van der Waals surface area contributed by atoms with Crippen LogP contribution in [0.1, 0.15) is 12.8 Å². The van der Waals surface area contributed by atoms with Crippen LogP contribution >= 0.6 is 0 Å². The molecule has 0 aliphatic carbocycles. The molecule has 1 aromatic heterocycles. The molecule has 2 amide bonds. The third-order valence-corrected chi connectivity index (χ3v) is 3.34. The molecule has 3 N–H and O–H groups in total. The van der Waals surface area contributed by atoms with Crippen molar-refractivity contribution in [2.75, 3.05) is 29.9 Å². The first-order chi connectivity index (χ1) is 10.2. The van der Waals surface area contributed by atoms with Gasteiger partial charge < -0.3 is 20.5 Å². The molecule has 0 aromatic carbocycles. The van der Waals surface area contributed by atoms with E-state index >= 15 is 0 Å². The minimum absolute atomic E-state index is 0.0268. The van der Waals surface area contributed by atoms with Crippen molar-refractivity contribution in [1.82, 2.24) is 4.98 Å². The number of cyclic esters (lactones) is 1. The zero-order valence-corrected chi connectivity index (χ0v) is 11.4. The standard InChI is InChI=1S/C13H16N4O4/c14-5-1-2-8-6-17(13(19)21-8)10-4-3-9-12(15-10)16-11(18)7-20-9/h3-4,8H,1-2,5-7,14H2,(H,15,16,18)/t8-/m1/s1. The first-order valence-electron chi connectivity index (χ1n) is 6.79. The van der Waals surface area contributed by atoms with E-state index in [1.165, 1.54) is 4.90 Å². The number of hydrogen-bond acceptors (Lipinski definition) is 6. The Bertz CT molecular complexity index is 577. The molecule has 0 radical (unpaired) electrons. The molecule has 0 unspecified atom stereocenters. The molecule has 2 aliphatic rings. The molecule has 1 atom stereocenters. The molecule has 1 saturated heterocycles. The van der Waals surface area contributed by atoms with Gasteiger partial charge in [-0.2, -0.15) is 0 Å². The van der Waals surface area contributed by atoms with E-state index in [2.05, 4.69) is 10.3 Å². The van der Waals surface area contributed by atoms with E-state index in [9.17, 15) is 9.59 Å². The van der Waals surface area contributed by atoms with Gasteiger partial charge in [0.25, 0.3) is 5.91 Å². The summed E-state index contributed by atoms with van der Waals surface area (Å²) in [5.41, 5.74) is 5.46. The second kappa shape index (κ2) is 5.57. The molecule has 1 fully saturated rings. The monoisotopic (exact) mass is 292 g/mol. The van der Waals surface area contributed by atoms with Crippen molar-refractivity contribution in [2.24, 2.45) is 5.73 Å². The average Bonchev–Trinajstić information content (AvgIpc) is 2.85. The largest absolute Gasteiger partial charge is 0.480 e. The van der Waals surface area contributed by atoms with E-state index < -0.39 is 6.09 Å². The number of nitrogens with two attached hydrogens (primary N) is 1. The number of hydrogen-bond donors (Lipinski definition) is 2. The van der Waals surface area contributed by atoms with E-state index in [0.29, 0.717) is 30.5 Å². The van der Waals surface area contributed by atoms with Crippen LogP contribution in [-0.2, 0) is 9.53 Å². The van der Waals surface area contributed by atoms with Crippen molar-refractivity contribution in [3.8, 4) is 5.75 Å². The average molecular weight is 292 g/mol. The lowest BCUT2D eigenvalue weighted by Crippen LogP contribution is -2.29. The highest BCUT2D eigenvalue weighted by atomic mass is 16.6. The number of aromatic nitrogens is 1. The number of nitrogens with zero attached hydrogens (tertiary/aromatic N) is 2. The SMILES string of the molecule is NCCC[C@@H]1CN(c2ccc3c(n2)NC(=O)CO3)C(=O)O1. The Morgan fingerprint density at radius 2 is 2.29 bits per heavy atom. The van der Waals surface area contributed by atoms with E-state index in [-0.39, 0.29) is 18.6 Å². The molecule has 1 aromatic rings. The molecule has 3 rings (SSSR count). The molecule has 112 valence electrons. The third kappa shape index (κ3) is 2.75. The van der Waals surface area contributed by atoms with Crippen molar-refractivity contribution in [3.63, 3.8) is 0 Å². The quantitative estimate of drug-likeness (QED) is 0.835. The first kappa shape index (κ1) is 13.6. The summed E-state index contributed by atoms with van der Waals surface area (Å²) in [6.45, 7) is 0.967. The molecule has 2 aliphatic heterocycles. The number of amides is 2. The van der Waals surface area contributed by atoms with Gasteiger partial charge in [0, 0.05) is 0 Å². The second-order valence-electron chi connectivity index (χ2n) is 4.90. The molecular weight excluding hydrogens is 276 g/mol. The molecule has 21 heavy (non-hydrogen) atoms. The first-order valence-corrected chi connectivity index (χ1v) is 6.79.